The molecule has 3 aromatic rings. The average Bonchev–Trinajstić information content (AvgIpc) is 3.56. The van der Waals surface area contributed by atoms with Crippen molar-refractivity contribution in [2.75, 3.05) is 0 Å². The van der Waals surface area contributed by atoms with Gasteiger partial charge in [-0.2, -0.15) is 0 Å². The predicted octanol–water partition coefficient (Wildman–Crippen LogP) is 4.51. The fourth-order valence-corrected chi connectivity index (χ4v) is 10.2. The molecule has 0 radical (unpaired) electrons. The van der Waals surface area contributed by atoms with Crippen molar-refractivity contribution in [1.29, 1.82) is 0 Å². The van der Waals surface area contributed by atoms with Crippen LogP contribution < -0.4 is 4.87 Å². The van der Waals surface area contributed by atoms with Crippen LogP contribution in [0.3, 0.4) is 0 Å². The fourth-order valence-electron chi connectivity index (χ4n) is 6.92. The maximum absolute atomic E-state index is 13.3. The fraction of sp³-hybridized carbons (Fsp3) is 0.346. The lowest BCUT2D eigenvalue weighted by Gasteiger charge is -2.43. The largest absolute Gasteiger partial charge is 0.508 e. The minimum absolute atomic E-state index is 0.0128. The van der Waals surface area contributed by atoms with Gasteiger partial charge in [-0.05, 0) is 47.9 Å². The number of nitrogens with zero attached hydrogens (tertiary/aromatic N) is 1. The van der Waals surface area contributed by atoms with Gasteiger partial charge in [0.1, 0.15) is 5.75 Å². The molecule has 35 heavy (non-hydrogen) atoms. The number of carbonyl (C=O) groups is 2. The smallest absolute Gasteiger partial charge is 0.317 e. The first kappa shape index (κ1) is 21.7. The highest BCUT2D eigenvalue weighted by Crippen LogP contribution is 2.68. The quantitative estimate of drug-likeness (QED) is 0.400. The lowest BCUT2D eigenvalue weighted by Crippen LogP contribution is -2.43. The molecule has 3 fully saturated rings. The van der Waals surface area contributed by atoms with Crippen LogP contribution in [0, 0.1) is 29.6 Å². The van der Waals surface area contributed by atoms with Crippen molar-refractivity contribution < 1.29 is 19.4 Å². The second kappa shape index (κ2) is 7.72. The van der Waals surface area contributed by atoms with Gasteiger partial charge >= 0.3 is 16.8 Å². The van der Waals surface area contributed by atoms with E-state index in [2.05, 4.69) is 0 Å². The lowest BCUT2D eigenvalue weighted by molar-refractivity contribution is -0.154. The summed E-state index contributed by atoms with van der Waals surface area (Å²) in [5.41, 5.74) is 1.74. The third-order valence-electron chi connectivity index (χ3n) is 8.21. The number of halogens is 1. The van der Waals surface area contributed by atoms with Gasteiger partial charge in [0.05, 0.1) is 23.4 Å². The predicted molar refractivity (Wildman–Crippen MR) is 132 cm³/mol. The summed E-state index contributed by atoms with van der Waals surface area (Å²) < 4.78 is 6.87. The third kappa shape index (κ3) is 3.06. The van der Waals surface area contributed by atoms with Gasteiger partial charge in [-0.15, -0.1) is 11.8 Å². The molecule has 0 spiro atoms. The molecule has 1 aromatic heterocycles. The number of aromatic nitrogens is 1. The molecule has 9 heteroatoms. The summed E-state index contributed by atoms with van der Waals surface area (Å²) in [6.07, 6.45) is 0.791. The van der Waals surface area contributed by atoms with E-state index in [0.29, 0.717) is 11.6 Å². The molecule has 7 atom stereocenters. The molecule has 1 saturated heterocycles. The van der Waals surface area contributed by atoms with Crippen LogP contribution in [0.15, 0.2) is 58.4 Å². The van der Waals surface area contributed by atoms with Gasteiger partial charge in [0.2, 0.25) is 0 Å². The van der Waals surface area contributed by atoms with Gasteiger partial charge in [-0.1, -0.05) is 53.3 Å². The summed E-state index contributed by atoms with van der Waals surface area (Å²) >= 11 is 8.93. The molecule has 4 aliphatic rings. The summed E-state index contributed by atoms with van der Waals surface area (Å²) in [7, 11) is 0. The van der Waals surface area contributed by atoms with E-state index in [0.717, 1.165) is 27.5 Å². The van der Waals surface area contributed by atoms with Crippen molar-refractivity contribution in [2.24, 2.45) is 29.6 Å². The second-order valence-corrected chi connectivity index (χ2v) is 12.4. The van der Waals surface area contributed by atoms with Crippen LogP contribution in [0.1, 0.15) is 28.3 Å². The monoisotopic (exact) mass is 525 g/mol. The van der Waals surface area contributed by atoms with Gasteiger partial charge in [0.15, 0.2) is 0 Å². The zero-order valence-electron chi connectivity index (χ0n) is 18.3. The van der Waals surface area contributed by atoms with Crippen LogP contribution in [0.5, 0.6) is 5.75 Å². The van der Waals surface area contributed by atoms with Crippen molar-refractivity contribution >= 4 is 46.6 Å². The number of phenolic OH excluding ortho intramolecular Hbond substituents is 1. The standard InChI is InChI=1S/C26H20ClNO5S2/c27-12-7-5-11(6-8-12)10-28-23-22(35-26(28)32)17(13-3-1-2-4-16(13)29)18-14-9-15(21(18)34-23)20-19(14)24(30)33-25(20)31/h1-8,14-15,17-21,29H,9-10H2/t14-,15+,17-,18+,19+,20+,21-/m0/s1. The van der Waals surface area contributed by atoms with Gasteiger partial charge in [0.25, 0.3) is 0 Å². The summed E-state index contributed by atoms with van der Waals surface area (Å²) in [4.78, 5) is 39.3. The average molecular weight is 526 g/mol. The molecule has 2 aliphatic carbocycles. The Morgan fingerprint density at radius 3 is 2.46 bits per heavy atom. The number of thiazole rings is 1. The molecule has 2 aliphatic heterocycles. The van der Waals surface area contributed by atoms with Gasteiger partial charge in [-0.25, -0.2) is 0 Å². The number of cyclic esters (lactones) is 2. The molecule has 7 rings (SSSR count). The first-order valence-electron chi connectivity index (χ1n) is 11.6. The lowest BCUT2D eigenvalue weighted by atomic mass is 9.68. The number of ether oxygens (including phenoxy) is 1. The number of hydrogen-bond donors (Lipinski definition) is 1. The van der Waals surface area contributed by atoms with E-state index in [-0.39, 0.29) is 39.5 Å². The SMILES string of the molecule is O=C1OC(=O)[C@@H]2[C@H]3C[C@H]([C@@H]12)[C@@H]1[C@H](c2ccccc2O)c2sc(=O)n(Cc4ccc(Cl)cc4)c2S[C@@H]31. The summed E-state index contributed by atoms with van der Waals surface area (Å²) in [6.45, 7) is 0.417. The van der Waals surface area contributed by atoms with Crippen LogP contribution in [0.2, 0.25) is 5.02 Å². The third-order valence-corrected chi connectivity index (χ3v) is 11.3. The van der Waals surface area contributed by atoms with E-state index in [1.54, 1.807) is 28.5 Å². The number of benzene rings is 2. The highest BCUT2D eigenvalue weighted by molar-refractivity contribution is 8.00. The molecule has 6 nitrogen and oxygen atoms in total. The number of para-hydroxylation sites is 1. The molecule has 0 unspecified atom stereocenters. The summed E-state index contributed by atoms with van der Waals surface area (Å²) in [6, 6.07) is 14.7. The highest BCUT2D eigenvalue weighted by Gasteiger charge is 2.69. The molecule has 2 aromatic carbocycles. The molecule has 2 saturated carbocycles. The van der Waals surface area contributed by atoms with Crippen LogP contribution in [0.4, 0.5) is 0 Å². The maximum atomic E-state index is 13.3. The van der Waals surface area contributed by atoms with Crippen molar-refractivity contribution in [3.05, 3.63) is 79.2 Å². The minimum Gasteiger partial charge on any atom is -0.508 e. The molecule has 178 valence electrons. The first-order valence-corrected chi connectivity index (χ1v) is 13.7. The van der Waals surface area contributed by atoms with E-state index in [1.807, 2.05) is 36.4 Å². The van der Waals surface area contributed by atoms with E-state index in [9.17, 15) is 19.5 Å². The van der Waals surface area contributed by atoms with E-state index in [1.165, 1.54) is 11.3 Å². The Kier molecular flexibility index (Phi) is 4.79. The van der Waals surface area contributed by atoms with Crippen molar-refractivity contribution in [3.63, 3.8) is 0 Å². The summed E-state index contributed by atoms with van der Waals surface area (Å²) in [5.74, 6) is -1.63. The Labute approximate surface area is 213 Å². The summed E-state index contributed by atoms with van der Waals surface area (Å²) in [5, 5.41) is 12.4. The van der Waals surface area contributed by atoms with Crippen LogP contribution in [-0.2, 0) is 20.9 Å². The molecule has 3 heterocycles. The number of rotatable bonds is 3. The Morgan fingerprint density at radius 1 is 1.00 bits per heavy atom. The number of hydrogen-bond acceptors (Lipinski definition) is 7. The van der Waals surface area contributed by atoms with Crippen LogP contribution in [-0.4, -0.2) is 26.9 Å². The molecule has 2 bridgehead atoms. The molecule has 1 N–H and O–H groups in total. The van der Waals surface area contributed by atoms with Gasteiger partial charge in [-0.3, -0.25) is 19.0 Å². The van der Waals surface area contributed by atoms with Gasteiger partial charge < -0.3 is 9.84 Å². The van der Waals surface area contributed by atoms with E-state index < -0.39 is 23.8 Å². The Balaban J connectivity index is 1.38. The normalized spacial score (nSPS) is 32.3. The van der Waals surface area contributed by atoms with Crippen LogP contribution in [0.25, 0.3) is 0 Å². The topological polar surface area (TPSA) is 85.6 Å². The van der Waals surface area contributed by atoms with Crippen molar-refractivity contribution in [2.45, 2.75) is 29.2 Å². The van der Waals surface area contributed by atoms with Crippen molar-refractivity contribution in [1.82, 2.24) is 4.57 Å². The maximum Gasteiger partial charge on any atom is 0.317 e. The molecular formula is C26H20ClNO5S2. The second-order valence-electron chi connectivity index (χ2n) is 9.80. The Morgan fingerprint density at radius 2 is 1.71 bits per heavy atom. The van der Waals surface area contributed by atoms with Crippen molar-refractivity contribution in [3.8, 4) is 5.75 Å². The van der Waals surface area contributed by atoms with E-state index in [4.69, 9.17) is 16.3 Å². The highest BCUT2D eigenvalue weighted by atomic mass is 35.5. The number of phenols is 1. The molecular weight excluding hydrogens is 506 g/mol. The number of esters is 2. The minimum atomic E-state index is -0.419. The zero-order valence-corrected chi connectivity index (χ0v) is 20.7. The first-order chi connectivity index (χ1) is 16.9. The number of aromatic hydroxyl groups is 1. The van der Waals surface area contributed by atoms with E-state index >= 15 is 0 Å². The number of thioether (sulfide) groups is 1. The van der Waals surface area contributed by atoms with Gasteiger partial charge in [0, 0.05) is 26.6 Å². The zero-order chi connectivity index (χ0) is 24.0. The number of carbonyl (C=O) groups excluding carboxylic acids is 2. The Hall–Kier alpha value is -2.55. The molecule has 0 amide bonds. The Bertz CT molecular complexity index is 1450. The van der Waals surface area contributed by atoms with Crippen LogP contribution >= 0.6 is 34.7 Å². The number of fused-ring (bicyclic) bond motifs is 9.